The second-order valence-corrected chi connectivity index (χ2v) is 8.65. The van der Waals surface area contributed by atoms with Gasteiger partial charge in [-0.2, -0.15) is 0 Å². The molecule has 2 aromatic carbocycles. The Kier molecular flexibility index (Phi) is 7.12. The summed E-state index contributed by atoms with van der Waals surface area (Å²) in [5.41, 5.74) is 2.84. The molecular weight excluding hydrogens is 525 g/mol. The average Bonchev–Trinajstić information content (AvgIpc) is 2.80. The van der Waals surface area contributed by atoms with Gasteiger partial charge < -0.3 is 0 Å². The van der Waals surface area contributed by atoms with E-state index in [1.807, 2.05) is 0 Å². The van der Waals surface area contributed by atoms with Crippen molar-refractivity contribution in [1.29, 1.82) is 0 Å². The van der Waals surface area contributed by atoms with Crippen LogP contribution >= 0.6 is 34.8 Å². The van der Waals surface area contributed by atoms with Crippen LogP contribution in [-0.4, -0.2) is 15.0 Å². The van der Waals surface area contributed by atoms with Gasteiger partial charge in [0.1, 0.15) is 28.4 Å². The van der Waals surface area contributed by atoms with Gasteiger partial charge >= 0.3 is 0 Å². The molecule has 0 bridgehead atoms. The van der Waals surface area contributed by atoms with Crippen LogP contribution in [0.4, 0.5) is 17.6 Å². The highest BCUT2D eigenvalue weighted by atomic mass is 35.5. The summed E-state index contributed by atoms with van der Waals surface area (Å²) in [6, 6.07) is 7.38. The molecule has 3 aromatic heterocycles. The van der Waals surface area contributed by atoms with E-state index in [2.05, 4.69) is 15.0 Å². The molecule has 35 heavy (non-hydrogen) atoms. The maximum atomic E-state index is 13.8. The molecule has 5 rings (SSSR count). The van der Waals surface area contributed by atoms with Crippen LogP contribution in [-0.2, 0) is 0 Å². The highest BCUT2D eigenvalue weighted by Gasteiger charge is 2.16. The third-order valence-corrected chi connectivity index (χ3v) is 6.55. The molecule has 0 saturated heterocycles. The lowest BCUT2D eigenvalue weighted by Gasteiger charge is -2.11. The summed E-state index contributed by atoms with van der Waals surface area (Å²) < 4.78 is 53.5. The molecule has 10 heteroatoms. The minimum atomic E-state index is -0.734. The van der Waals surface area contributed by atoms with Gasteiger partial charge in [-0.1, -0.05) is 34.8 Å². The maximum absolute atomic E-state index is 13.8. The number of aromatic nitrogens is 3. The maximum Gasteiger partial charge on any atom is 0.137 e. The molecule has 0 aliphatic rings. The van der Waals surface area contributed by atoms with Gasteiger partial charge in [0.2, 0.25) is 0 Å². The van der Waals surface area contributed by atoms with Crippen molar-refractivity contribution in [2.24, 2.45) is 0 Å². The average molecular weight is 539 g/mol. The van der Waals surface area contributed by atoms with Crippen LogP contribution in [0.1, 0.15) is 11.1 Å². The Bertz CT molecular complexity index is 1600. The summed E-state index contributed by atoms with van der Waals surface area (Å²) in [5.74, 6) is -2.82. The van der Waals surface area contributed by atoms with Gasteiger partial charge in [-0.3, -0.25) is 4.98 Å². The van der Waals surface area contributed by atoms with Crippen LogP contribution in [0, 0.1) is 37.1 Å². The normalized spacial score (nSPS) is 11.0. The summed E-state index contributed by atoms with van der Waals surface area (Å²) in [4.78, 5) is 12.1. The van der Waals surface area contributed by atoms with Crippen molar-refractivity contribution < 1.29 is 17.6 Å². The first-order chi connectivity index (χ1) is 16.6. The number of fused-ring (bicyclic) bond motifs is 2. The fourth-order valence-corrected chi connectivity index (χ4v) is 4.27. The lowest BCUT2D eigenvalue weighted by Crippen LogP contribution is -1.95. The summed E-state index contributed by atoms with van der Waals surface area (Å²) in [6.07, 6.45) is 3.25. The third kappa shape index (κ3) is 4.89. The molecule has 3 heterocycles. The van der Waals surface area contributed by atoms with Crippen molar-refractivity contribution in [1.82, 2.24) is 15.0 Å². The first-order valence-corrected chi connectivity index (χ1v) is 11.2. The Morgan fingerprint density at radius 1 is 0.657 bits per heavy atom. The first kappa shape index (κ1) is 25.1. The highest BCUT2D eigenvalue weighted by Crippen LogP contribution is 2.35. The number of hydrogen-bond donors (Lipinski definition) is 0. The Labute approximate surface area is 212 Å². The molecule has 0 aliphatic heterocycles. The minimum Gasteiger partial charge on any atom is -0.265 e. The molecular formula is C25H14Cl3F4N3. The molecule has 0 spiro atoms. The van der Waals surface area contributed by atoms with Crippen molar-refractivity contribution in [3.8, 4) is 11.3 Å². The van der Waals surface area contributed by atoms with Gasteiger partial charge in [0, 0.05) is 47.8 Å². The monoisotopic (exact) mass is 537 g/mol. The fourth-order valence-electron chi connectivity index (χ4n) is 3.49. The third-order valence-electron chi connectivity index (χ3n) is 5.24. The lowest BCUT2D eigenvalue weighted by atomic mass is 10.0. The predicted octanol–water partition coefficient (Wildman–Crippen LogP) is 8.67. The first-order valence-electron chi connectivity index (χ1n) is 10.0. The predicted molar refractivity (Wildman–Crippen MR) is 131 cm³/mol. The molecule has 0 fully saturated rings. The van der Waals surface area contributed by atoms with Gasteiger partial charge in [-0.05, 0) is 31.5 Å². The highest BCUT2D eigenvalue weighted by molar-refractivity contribution is 6.39. The molecule has 0 unspecified atom stereocenters. The Balaban J connectivity index is 0.000000172. The van der Waals surface area contributed by atoms with Crippen molar-refractivity contribution in [3.05, 3.63) is 98.4 Å². The van der Waals surface area contributed by atoms with E-state index in [0.717, 1.165) is 23.8 Å². The molecule has 0 N–H and O–H groups in total. The summed E-state index contributed by atoms with van der Waals surface area (Å²) in [5, 5.41) is 0.808. The number of benzene rings is 2. The van der Waals surface area contributed by atoms with Crippen LogP contribution in [0.3, 0.4) is 0 Å². The Morgan fingerprint density at radius 3 is 1.69 bits per heavy atom. The lowest BCUT2D eigenvalue weighted by molar-refractivity contribution is 0.590. The van der Waals surface area contributed by atoms with E-state index in [-0.39, 0.29) is 37.0 Å². The zero-order chi connectivity index (χ0) is 25.4. The quantitative estimate of drug-likeness (QED) is 0.158. The van der Waals surface area contributed by atoms with E-state index < -0.39 is 23.3 Å². The number of halogens is 7. The number of hydrogen-bond acceptors (Lipinski definition) is 3. The number of pyridine rings is 3. The van der Waals surface area contributed by atoms with E-state index in [1.165, 1.54) is 6.07 Å². The topological polar surface area (TPSA) is 38.7 Å². The van der Waals surface area contributed by atoms with E-state index in [4.69, 9.17) is 34.8 Å². The fraction of sp³-hybridized carbons (Fsp3) is 0.0800. The van der Waals surface area contributed by atoms with E-state index in [9.17, 15) is 17.6 Å². The van der Waals surface area contributed by atoms with Crippen molar-refractivity contribution in [3.63, 3.8) is 0 Å². The van der Waals surface area contributed by atoms with E-state index in [1.54, 1.807) is 38.4 Å². The van der Waals surface area contributed by atoms with Crippen molar-refractivity contribution in [2.75, 3.05) is 0 Å². The van der Waals surface area contributed by atoms with Crippen molar-refractivity contribution in [2.45, 2.75) is 13.8 Å². The number of nitrogens with zero attached hydrogens (tertiary/aromatic N) is 3. The molecule has 0 radical (unpaired) electrons. The van der Waals surface area contributed by atoms with Crippen LogP contribution in [0.15, 0.2) is 48.8 Å². The summed E-state index contributed by atoms with van der Waals surface area (Å²) in [7, 11) is 0. The largest absolute Gasteiger partial charge is 0.265 e. The van der Waals surface area contributed by atoms with Crippen LogP contribution in [0.25, 0.3) is 33.1 Å². The van der Waals surface area contributed by atoms with Gasteiger partial charge in [-0.25, -0.2) is 27.5 Å². The van der Waals surface area contributed by atoms with Gasteiger partial charge in [0.15, 0.2) is 0 Å². The summed E-state index contributed by atoms with van der Waals surface area (Å²) in [6.45, 7) is 3.38. The van der Waals surface area contributed by atoms with Crippen molar-refractivity contribution >= 4 is 56.6 Å². The van der Waals surface area contributed by atoms with Gasteiger partial charge in [0.05, 0.1) is 37.5 Å². The Hall–Kier alpha value is -3.00. The molecule has 5 aromatic rings. The molecule has 3 nitrogen and oxygen atoms in total. The zero-order valence-corrected chi connectivity index (χ0v) is 20.4. The molecule has 0 saturated carbocycles. The van der Waals surface area contributed by atoms with Gasteiger partial charge in [-0.15, -0.1) is 0 Å². The number of rotatable bonds is 1. The van der Waals surface area contributed by atoms with Crippen LogP contribution in [0.5, 0.6) is 0 Å². The molecule has 0 amide bonds. The van der Waals surface area contributed by atoms with E-state index >= 15 is 0 Å². The standard InChI is InChI=1S/C15H9ClF2N2.C10H5Cl2F2N/c1-8-14(16)13-11(18)6-10(17)7-12(13)20-15(8)9-2-4-19-5-3-9;1-4-9(11)8-6(14)2-5(13)3-7(8)15-10(4)12/h2-7H,1H3;2-3H,1H3. The second-order valence-electron chi connectivity index (χ2n) is 7.54. The minimum absolute atomic E-state index is 0.0972. The second kappa shape index (κ2) is 9.93. The Morgan fingerprint density at radius 2 is 1.14 bits per heavy atom. The summed E-state index contributed by atoms with van der Waals surface area (Å²) >= 11 is 17.9. The van der Waals surface area contributed by atoms with Gasteiger partial charge in [0.25, 0.3) is 0 Å². The van der Waals surface area contributed by atoms with Crippen LogP contribution in [0.2, 0.25) is 15.2 Å². The van der Waals surface area contributed by atoms with Crippen LogP contribution < -0.4 is 0 Å². The molecule has 178 valence electrons. The molecule has 0 atom stereocenters. The van der Waals surface area contributed by atoms with E-state index in [0.29, 0.717) is 16.8 Å². The smallest absolute Gasteiger partial charge is 0.137 e. The SMILES string of the molecule is Cc1c(-c2ccncc2)nc2cc(F)cc(F)c2c1Cl.Cc1c(Cl)nc2cc(F)cc(F)c2c1Cl. The molecule has 0 aliphatic carbocycles. The zero-order valence-electron chi connectivity index (χ0n) is 18.1.